The molecule has 1 aromatic rings. The monoisotopic (exact) mass is 256 g/mol. The van der Waals surface area contributed by atoms with Crippen LogP contribution in [0.3, 0.4) is 0 Å². The maximum Gasteiger partial charge on any atom is 0.104 e. The number of rotatable bonds is 4. The molecule has 1 fully saturated rings. The van der Waals surface area contributed by atoms with Gasteiger partial charge < -0.3 is 9.47 Å². The van der Waals surface area contributed by atoms with Gasteiger partial charge in [-0.05, 0) is 24.6 Å². The lowest BCUT2D eigenvalue weighted by atomic mass is 10.1. The first-order valence-corrected chi connectivity index (χ1v) is 5.53. The molecule has 0 spiro atoms. The normalized spacial score (nSPS) is 22.0. The van der Waals surface area contributed by atoms with Crippen LogP contribution in [0.5, 0.6) is 0 Å². The van der Waals surface area contributed by atoms with Crippen LogP contribution in [0.25, 0.3) is 0 Å². The van der Waals surface area contributed by atoms with Gasteiger partial charge in [0.25, 0.3) is 0 Å². The van der Waals surface area contributed by atoms with E-state index in [9.17, 15) is 0 Å². The SMILES string of the molecule is C[C@@H](OC[C@@H]1CO1)c1cccc(Br)c1. The third kappa shape index (κ3) is 2.80. The molecule has 0 bridgehead atoms. The average molecular weight is 257 g/mol. The Morgan fingerprint density at radius 1 is 1.64 bits per heavy atom. The predicted molar refractivity (Wildman–Crippen MR) is 58.2 cm³/mol. The minimum Gasteiger partial charge on any atom is -0.371 e. The topological polar surface area (TPSA) is 21.8 Å². The summed E-state index contributed by atoms with van der Waals surface area (Å²) in [5.41, 5.74) is 1.19. The lowest BCUT2D eigenvalue weighted by molar-refractivity contribution is 0.0539. The number of halogens is 1. The summed E-state index contributed by atoms with van der Waals surface area (Å²) in [6.07, 6.45) is 0.473. The Hall–Kier alpha value is -0.380. The fraction of sp³-hybridized carbons (Fsp3) is 0.455. The van der Waals surface area contributed by atoms with Crippen molar-refractivity contribution in [1.29, 1.82) is 0 Å². The zero-order chi connectivity index (χ0) is 9.97. The third-order valence-corrected chi connectivity index (χ3v) is 2.75. The fourth-order valence-corrected chi connectivity index (χ4v) is 1.69. The zero-order valence-corrected chi connectivity index (χ0v) is 9.66. The maximum absolute atomic E-state index is 5.66. The number of hydrogen-bond donors (Lipinski definition) is 0. The molecular weight excluding hydrogens is 244 g/mol. The molecule has 1 saturated heterocycles. The van der Waals surface area contributed by atoms with Gasteiger partial charge in [0.1, 0.15) is 6.10 Å². The van der Waals surface area contributed by atoms with E-state index in [-0.39, 0.29) is 6.10 Å². The summed E-state index contributed by atoms with van der Waals surface area (Å²) < 4.78 is 11.8. The van der Waals surface area contributed by atoms with E-state index in [2.05, 4.69) is 35.0 Å². The van der Waals surface area contributed by atoms with Gasteiger partial charge in [-0.3, -0.25) is 0 Å². The van der Waals surface area contributed by atoms with Crippen molar-refractivity contribution in [3.8, 4) is 0 Å². The fourth-order valence-electron chi connectivity index (χ4n) is 1.27. The molecule has 2 rings (SSSR count). The van der Waals surface area contributed by atoms with Crippen LogP contribution in [0.2, 0.25) is 0 Å². The molecule has 1 aliphatic heterocycles. The van der Waals surface area contributed by atoms with Crippen LogP contribution < -0.4 is 0 Å². The van der Waals surface area contributed by atoms with Gasteiger partial charge in [-0.2, -0.15) is 0 Å². The van der Waals surface area contributed by atoms with E-state index in [0.717, 1.165) is 11.1 Å². The summed E-state index contributed by atoms with van der Waals surface area (Å²) in [5.74, 6) is 0. The van der Waals surface area contributed by atoms with Gasteiger partial charge in [0.15, 0.2) is 0 Å². The molecule has 0 aromatic heterocycles. The maximum atomic E-state index is 5.66. The smallest absolute Gasteiger partial charge is 0.104 e. The Balaban J connectivity index is 1.91. The highest BCUT2D eigenvalue weighted by Gasteiger charge is 2.23. The quantitative estimate of drug-likeness (QED) is 0.773. The van der Waals surface area contributed by atoms with Gasteiger partial charge in [0.05, 0.1) is 19.3 Å². The first-order chi connectivity index (χ1) is 6.75. The average Bonchev–Trinajstić information content (AvgIpc) is 2.97. The first-order valence-electron chi connectivity index (χ1n) is 4.74. The Labute approximate surface area is 92.3 Å². The Morgan fingerprint density at radius 3 is 3.07 bits per heavy atom. The molecule has 1 heterocycles. The largest absolute Gasteiger partial charge is 0.371 e. The van der Waals surface area contributed by atoms with Crippen molar-refractivity contribution in [3.05, 3.63) is 34.3 Å². The Kier molecular flexibility index (Phi) is 3.21. The standard InChI is InChI=1S/C11H13BrO2/c1-8(13-6-11-7-14-11)9-3-2-4-10(12)5-9/h2-5,8,11H,6-7H2,1H3/t8-,11-/m1/s1. The van der Waals surface area contributed by atoms with Crippen molar-refractivity contribution in [2.45, 2.75) is 19.1 Å². The van der Waals surface area contributed by atoms with E-state index in [1.165, 1.54) is 5.56 Å². The summed E-state index contributed by atoms with van der Waals surface area (Å²) in [7, 11) is 0. The Morgan fingerprint density at radius 2 is 2.43 bits per heavy atom. The molecule has 1 aliphatic rings. The van der Waals surface area contributed by atoms with Crippen molar-refractivity contribution in [2.75, 3.05) is 13.2 Å². The van der Waals surface area contributed by atoms with E-state index in [0.29, 0.717) is 12.7 Å². The number of epoxide rings is 1. The van der Waals surface area contributed by atoms with Crippen LogP contribution in [-0.4, -0.2) is 19.3 Å². The summed E-state index contributed by atoms with van der Waals surface area (Å²) >= 11 is 3.44. The molecular formula is C11H13BrO2. The second-order valence-corrected chi connectivity index (χ2v) is 4.40. The summed E-state index contributed by atoms with van der Waals surface area (Å²) in [4.78, 5) is 0. The highest BCUT2D eigenvalue weighted by molar-refractivity contribution is 9.10. The van der Waals surface area contributed by atoms with E-state index in [1.54, 1.807) is 0 Å². The van der Waals surface area contributed by atoms with Crippen LogP contribution in [0, 0.1) is 0 Å². The van der Waals surface area contributed by atoms with Crippen LogP contribution in [0.1, 0.15) is 18.6 Å². The van der Waals surface area contributed by atoms with Gasteiger partial charge in [-0.25, -0.2) is 0 Å². The van der Waals surface area contributed by atoms with Crippen LogP contribution in [0.15, 0.2) is 28.7 Å². The molecule has 1 aromatic carbocycles. The number of hydrogen-bond acceptors (Lipinski definition) is 2. The van der Waals surface area contributed by atoms with Crippen LogP contribution in [-0.2, 0) is 9.47 Å². The van der Waals surface area contributed by atoms with Crippen LogP contribution in [0.4, 0.5) is 0 Å². The van der Waals surface area contributed by atoms with Crippen molar-refractivity contribution < 1.29 is 9.47 Å². The van der Waals surface area contributed by atoms with E-state index in [4.69, 9.17) is 9.47 Å². The molecule has 76 valence electrons. The second-order valence-electron chi connectivity index (χ2n) is 3.49. The van der Waals surface area contributed by atoms with Crippen molar-refractivity contribution in [3.63, 3.8) is 0 Å². The number of ether oxygens (including phenoxy) is 2. The molecule has 3 heteroatoms. The van der Waals surface area contributed by atoms with Crippen LogP contribution >= 0.6 is 15.9 Å². The third-order valence-electron chi connectivity index (χ3n) is 2.25. The van der Waals surface area contributed by atoms with Crippen molar-refractivity contribution in [2.24, 2.45) is 0 Å². The molecule has 0 radical (unpaired) electrons. The molecule has 0 aliphatic carbocycles. The molecule has 2 nitrogen and oxygen atoms in total. The lowest BCUT2D eigenvalue weighted by Gasteiger charge is -2.12. The molecule has 0 saturated carbocycles. The van der Waals surface area contributed by atoms with Gasteiger partial charge in [-0.1, -0.05) is 28.1 Å². The first kappa shape index (κ1) is 10.1. The summed E-state index contributed by atoms with van der Waals surface area (Å²) in [6, 6.07) is 8.19. The van der Waals surface area contributed by atoms with Crippen molar-refractivity contribution >= 4 is 15.9 Å². The lowest BCUT2D eigenvalue weighted by Crippen LogP contribution is -2.05. The van der Waals surface area contributed by atoms with E-state index >= 15 is 0 Å². The zero-order valence-electron chi connectivity index (χ0n) is 8.07. The van der Waals surface area contributed by atoms with E-state index < -0.39 is 0 Å². The van der Waals surface area contributed by atoms with Gasteiger partial charge in [0, 0.05) is 4.47 Å². The molecule has 2 atom stereocenters. The molecule has 0 amide bonds. The van der Waals surface area contributed by atoms with Crippen molar-refractivity contribution in [1.82, 2.24) is 0 Å². The minimum absolute atomic E-state index is 0.136. The van der Waals surface area contributed by atoms with Gasteiger partial charge in [-0.15, -0.1) is 0 Å². The second kappa shape index (κ2) is 4.43. The Bertz CT molecular complexity index is 310. The molecule has 0 N–H and O–H groups in total. The highest BCUT2D eigenvalue weighted by atomic mass is 79.9. The summed E-state index contributed by atoms with van der Waals surface area (Å²) in [5, 5.41) is 0. The predicted octanol–water partition coefficient (Wildman–Crippen LogP) is 2.93. The molecule has 0 unspecified atom stereocenters. The summed E-state index contributed by atoms with van der Waals surface area (Å²) in [6.45, 7) is 3.61. The highest BCUT2D eigenvalue weighted by Crippen LogP contribution is 2.22. The minimum atomic E-state index is 0.136. The molecule has 14 heavy (non-hydrogen) atoms. The number of benzene rings is 1. The van der Waals surface area contributed by atoms with Gasteiger partial charge >= 0.3 is 0 Å². The van der Waals surface area contributed by atoms with Gasteiger partial charge in [0.2, 0.25) is 0 Å². The van der Waals surface area contributed by atoms with E-state index in [1.807, 2.05) is 12.1 Å².